The number of nitriles is 1. The van der Waals surface area contributed by atoms with Gasteiger partial charge in [0, 0.05) is 10.9 Å². The maximum absolute atomic E-state index is 12.0. The summed E-state index contributed by atoms with van der Waals surface area (Å²) in [5.74, 6) is 0.386. The van der Waals surface area contributed by atoms with Gasteiger partial charge in [-0.25, -0.2) is 14.3 Å². The van der Waals surface area contributed by atoms with Crippen LogP contribution in [0.3, 0.4) is 0 Å². The van der Waals surface area contributed by atoms with Gasteiger partial charge in [-0.2, -0.15) is 10.4 Å². The zero-order valence-electron chi connectivity index (χ0n) is 11.4. The van der Waals surface area contributed by atoms with E-state index in [1.54, 1.807) is 28.3 Å². The Morgan fingerprint density at radius 1 is 1.45 bits per heavy atom. The van der Waals surface area contributed by atoms with Crippen molar-refractivity contribution in [3.05, 3.63) is 46.8 Å². The van der Waals surface area contributed by atoms with Crippen molar-refractivity contribution < 1.29 is 4.79 Å². The summed E-state index contributed by atoms with van der Waals surface area (Å²) in [7, 11) is 0. The number of anilines is 1. The summed E-state index contributed by atoms with van der Waals surface area (Å²) < 4.78 is 3.03. The van der Waals surface area contributed by atoms with Crippen LogP contribution in [0.1, 0.15) is 10.7 Å². The third-order valence-electron chi connectivity index (χ3n) is 2.81. The summed E-state index contributed by atoms with van der Waals surface area (Å²) in [5.41, 5.74) is 0. The van der Waals surface area contributed by atoms with Crippen molar-refractivity contribution in [2.24, 2.45) is 0 Å². The van der Waals surface area contributed by atoms with Gasteiger partial charge < -0.3 is 5.32 Å². The molecule has 0 bridgehead atoms. The molecule has 0 radical (unpaired) electrons. The molecule has 0 aromatic carbocycles. The summed E-state index contributed by atoms with van der Waals surface area (Å²) in [5, 5.41) is 21.5. The molecular weight excluding hydrogens is 302 g/mol. The second-order valence-corrected chi connectivity index (χ2v) is 5.41. The molecule has 110 valence electrons. The Morgan fingerprint density at radius 2 is 2.36 bits per heavy atom. The molecule has 0 saturated heterocycles. The molecule has 0 spiro atoms. The number of hydrogen-bond donors (Lipinski definition) is 1. The lowest BCUT2D eigenvalue weighted by Crippen LogP contribution is -2.21. The third kappa shape index (κ3) is 3.18. The van der Waals surface area contributed by atoms with Gasteiger partial charge in [0.1, 0.15) is 24.8 Å². The highest BCUT2D eigenvalue weighted by molar-refractivity contribution is 7.09. The van der Waals surface area contributed by atoms with Crippen molar-refractivity contribution in [1.29, 1.82) is 5.26 Å². The van der Waals surface area contributed by atoms with Crippen LogP contribution < -0.4 is 5.32 Å². The standard InChI is InChI=1S/C13H11N7OS/c14-6-11-15-9-19(18-11)8-13(21)17-12-3-4-16-20(12)7-10-2-1-5-22-10/h1-5,9H,7-8H2,(H,17,21). The van der Waals surface area contributed by atoms with Crippen molar-refractivity contribution in [3.8, 4) is 6.07 Å². The van der Waals surface area contributed by atoms with Crippen LogP contribution in [-0.4, -0.2) is 30.5 Å². The van der Waals surface area contributed by atoms with Gasteiger partial charge >= 0.3 is 0 Å². The molecule has 0 unspecified atom stereocenters. The Bertz CT molecular complexity index is 812. The van der Waals surface area contributed by atoms with Crippen LogP contribution in [0.4, 0.5) is 5.82 Å². The highest BCUT2D eigenvalue weighted by Crippen LogP contribution is 2.14. The maximum atomic E-state index is 12.0. The number of amides is 1. The first kappa shape index (κ1) is 14.0. The molecule has 0 aliphatic carbocycles. The Morgan fingerprint density at radius 3 is 3.09 bits per heavy atom. The van der Waals surface area contributed by atoms with Gasteiger partial charge in [-0.1, -0.05) is 6.07 Å². The van der Waals surface area contributed by atoms with Crippen LogP contribution in [0.2, 0.25) is 0 Å². The molecule has 0 aliphatic heterocycles. The van der Waals surface area contributed by atoms with E-state index in [1.165, 1.54) is 11.0 Å². The van der Waals surface area contributed by atoms with Crippen molar-refractivity contribution in [2.75, 3.05) is 5.32 Å². The monoisotopic (exact) mass is 313 g/mol. The van der Waals surface area contributed by atoms with Crippen molar-refractivity contribution in [2.45, 2.75) is 13.1 Å². The Hall–Kier alpha value is -2.99. The summed E-state index contributed by atoms with van der Waals surface area (Å²) in [6, 6.07) is 7.52. The van der Waals surface area contributed by atoms with Gasteiger partial charge in [-0.05, 0) is 11.4 Å². The van der Waals surface area contributed by atoms with Crippen LogP contribution in [0.25, 0.3) is 0 Å². The molecule has 3 rings (SSSR count). The first-order chi connectivity index (χ1) is 10.7. The molecule has 8 nitrogen and oxygen atoms in total. The predicted octanol–water partition coefficient (Wildman–Crippen LogP) is 1.09. The highest BCUT2D eigenvalue weighted by atomic mass is 32.1. The average molecular weight is 313 g/mol. The first-order valence-corrected chi connectivity index (χ1v) is 7.26. The molecule has 0 saturated carbocycles. The van der Waals surface area contributed by atoms with Crippen LogP contribution in [0.5, 0.6) is 0 Å². The third-order valence-corrected chi connectivity index (χ3v) is 3.67. The summed E-state index contributed by atoms with van der Waals surface area (Å²) in [4.78, 5) is 16.9. The van der Waals surface area contributed by atoms with E-state index in [9.17, 15) is 4.79 Å². The summed E-state index contributed by atoms with van der Waals surface area (Å²) in [6.45, 7) is 0.584. The van der Waals surface area contributed by atoms with Crippen molar-refractivity contribution >= 4 is 23.1 Å². The molecule has 1 amide bonds. The number of carbonyl (C=O) groups excluding carboxylic acids is 1. The van der Waals surface area contributed by atoms with E-state index in [-0.39, 0.29) is 18.3 Å². The molecule has 1 N–H and O–H groups in total. The zero-order chi connectivity index (χ0) is 15.4. The number of carbonyl (C=O) groups is 1. The predicted molar refractivity (Wildman–Crippen MR) is 79.0 cm³/mol. The molecule has 0 fully saturated rings. The number of thiophene rings is 1. The average Bonchev–Trinajstić information content (AvgIpc) is 3.22. The molecule has 3 heterocycles. The van der Waals surface area contributed by atoms with Crippen LogP contribution >= 0.6 is 11.3 Å². The Balaban J connectivity index is 1.64. The smallest absolute Gasteiger partial charge is 0.252 e. The van der Waals surface area contributed by atoms with E-state index in [2.05, 4.69) is 20.5 Å². The van der Waals surface area contributed by atoms with E-state index < -0.39 is 0 Å². The number of nitrogens with zero attached hydrogens (tertiary/aromatic N) is 6. The summed E-state index contributed by atoms with van der Waals surface area (Å²) in [6.07, 6.45) is 2.98. The van der Waals surface area contributed by atoms with E-state index in [1.807, 2.05) is 23.6 Å². The van der Waals surface area contributed by atoms with E-state index in [4.69, 9.17) is 5.26 Å². The van der Waals surface area contributed by atoms with Crippen molar-refractivity contribution in [3.63, 3.8) is 0 Å². The Labute approximate surface area is 129 Å². The largest absolute Gasteiger partial charge is 0.309 e. The van der Waals surface area contributed by atoms with Gasteiger partial charge in [-0.3, -0.25) is 4.79 Å². The SMILES string of the molecule is N#Cc1ncn(CC(=O)Nc2ccnn2Cc2cccs2)n1. The number of aromatic nitrogens is 5. The van der Waals surface area contributed by atoms with Gasteiger partial charge in [0.15, 0.2) is 0 Å². The molecule has 0 atom stereocenters. The van der Waals surface area contributed by atoms with Gasteiger partial charge in [0.05, 0.1) is 12.7 Å². The van der Waals surface area contributed by atoms with Crippen molar-refractivity contribution in [1.82, 2.24) is 24.5 Å². The number of nitrogens with one attached hydrogen (secondary N) is 1. The number of rotatable bonds is 5. The second-order valence-electron chi connectivity index (χ2n) is 4.38. The fourth-order valence-electron chi connectivity index (χ4n) is 1.87. The lowest BCUT2D eigenvalue weighted by Gasteiger charge is -2.08. The fourth-order valence-corrected chi connectivity index (χ4v) is 2.55. The van der Waals surface area contributed by atoms with Gasteiger partial charge in [0.2, 0.25) is 5.91 Å². The minimum Gasteiger partial charge on any atom is -0.309 e. The van der Waals surface area contributed by atoms with Crippen LogP contribution in [0, 0.1) is 11.3 Å². The van der Waals surface area contributed by atoms with Gasteiger partial charge in [0.25, 0.3) is 5.82 Å². The normalized spacial score (nSPS) is 10.3. The van der Waals surface area contributed by atoms with E-state index in [0.29, 0.717) is 12.4 Å². The molecular formula is C13H11N7OS. The number of hydrogen-bond acceptors (Lipinski definition) is 6. The van der Waals surface area contributed by atoms with E-state index >= 15 is 0 Å². The molecule has 22 heavy (non-hydrogen) atoms. The quantitative estimate of drug-likeness (QED) is 0.760. The van der Waals surface area contributed by atoms with E-state index in [0.717, 1.165) is 4.88 Å². The lowest BCUT2D eigenvalue weighted by atomic mass is 10.4. The minimum atomic E-state index is -0.262. The highest BCUT2D eigenvalue weighted by Gasteiger charge is 2.10. The fraction of sp³-hybridized carbons (Fsp3) is 0.154. The lowest BCUT2D eigenvalue weighted by molar-refractivity contribution is -0.117. The van der Waals surface area contributed by atoms with Crippen LogP contribution in [0.15, 0.2) is 36.1 Å². The molecule has 3 aromatic rings. The minimum absolute atomic E-state index is 0.0150. The molecule has 9 heteroatoms. The Kier molecular flexibility index (Phi) is 3.93. The topological polar surface area (TPSA) is 101 Å². The maximum Gasteiger partial charge on any atom is 0.252 e. The summed E-state index contributed by atoms with van der Waals surface area (Å²) >= 11 is 1.63. The second kappa shape index (κ2) is 6.19. The first-order valence-electron chi connectivity index (χ1n) is 6.38. The van der Waals surface area contributed by atoms with Gasteiger partial charge in [-0.15, -0.1) is 16.4 Å². The van der Waals surface area contributed by atoms with Crippen LogP contribution in [-0.2, 0) is 17.9 Å². The molecule has 3 aromatic heterocycles. The zero-order valence-corrected chi connectivity index (χ0v) is 12.2. The molecule has 0 aliphatic rings.